The van der Waals surface area contributed by atoms with E-state index in [1.807, 2.05) is 0 Å². The molecular weight excluding hydrogens is 312 g/mol. The van der Waals surface area contributed by atoms with Gasteiger partial charge in [-0.1, -0.05) is 12.1 Å². The number of nitrogens with one attached hydrogen (secondary N) is 2. The maximum Gasteiger partial charge on any atom is 0.267 e. The Labute approximate surface area is 136 Å². The van der Waals surface area contributed by atoms with Gasteiger partial charge in [-0.25, -0.2) is 0 Å². The van der Waals surface area contributed by atoms with Crippen LogP contribution in [0, 0.1) is 0 Å². The predicted octanol–water partition coefficient (Wildman–Crippen LogP) is -0.116. The van der Waals surface area contributed by atoms with Crippen LogP contribution in [0.5, 0.6) is 0 Å². The van der Waals surface area contributed by atoms with Crippen LogP contribution in [0.2, 0.25) is 0 Å². The smallest absolute Gasteiger partial charge is 0.267 e. The highest BCUT2D eigenvalue weighted by Crippen LogP contribution is 2.23. The van der Waals surface area contributed by atoms with Gasteiger partial charge in [0.15, 0.2) is 0 Å². The summed E-state index contributed by atoms with van der Waals surface area (Å²) in [6, 6.07) is 6.53. The average Bonchev–Trinajstić information content (AvgIpc) is 3.08. The van der Waals surface area contributed by atoms with E-state index in [4.69, 9.17) is 0 Å². The number of imide groups is 1. The number of carbonyl (C=O) groups excluding carboxylic acids is 3. The first-order valence-electron chi connectivity index (χ1n) is 7.57. The van der Waals surface area contributed by atoms with Crippen molar-refractivity contribution in [2.45, 2.75) is 13.0 Å². The molecule has 2 N–H and O–H groups in total. The lowest BCUT2D eigenvalue weighted by Crippen LogP contribution is -2.44. The summed E-state index contributed by atoms with van der Waals surface area (Å²) < 4.78 is 0. The van der Waals surface area contributed by atoms with E-state index in [0.29, 0.717) is 35.3 Å². The number of aromatic nitrogens is 2. The minimum atomic E-state index is -0.448. The summed E-state index contributed by atoms with van der Waals surface area (Å²) in [5.74, 6) is -1.22. The van der Waals surface area contributed by atoms with Crippen LogP contribution >= 0.6 is 0 Å². The molecule has 8 nitrogen and oxygen atoms in total. The lowest BCUT2D eigenvalue weighted by molar-refractivity contribution is -0.132. The van der Waals surface area contributed by atoms with Crippen LogP contribution in [0.1, 0.15) is 32.0 Å². The molecule has 0 atom stereocenters. The maximum absolute atomic E-state index is 12.5. The van der Waals surface area contributed by atoms with E-state index in [2.05, 4.69) is 10.2 Å². The zero-order chi connectivity index (χ0) is 16.8. The van der Waals surface area contributed by atoms with Gasteiger partial charge < -0.3 is 10.00 Å². The second kappa shape index (κ2) is 5.19. The molecule has 1 aromatic carbocycles. The number of carbonyl (C=O) groups is 3. The third-order valence-electron chi connectivity index (χ3n) is 4.47. The number of amides is 3. The van der Waals surface area contributed by atoms with Gasteiger partial charge in [0.05, 0.1) is 23.4 Å². The quantitative estimate of drug-likeness (QED) is 0.751. The van der Waals surface area contributed by atoms with Gasteiger partial charge in [-0.2, -0.15) is 0 Å². The summed E-state index contributed by atoms with van der Waals surface area (Å²) >= 11 is 0. The molecule has 0 bridgehead atoms. The second-order valence-electron chi connectivity index (χ2n) is 5.84. The molecule has 1 aromatic heterocycles. The number of hydrogen-bond acceptors (Lipinski definition) is 4. The molecule has 0 spiro atoms. The molecule has 122 valence electrons. The summed E-state index contributed by atoms with van der Waals surface area (Å²) in [5.41, 5.74) is 1.80. The van der Waals surface area contributed by atoms with Crippen LogP contribution in [-0.4, -0.2) is 50.8 Å². The third kappa shape index (κ3) is 2.07. The molecule has 4 rings (SSSR count). The largest absolute Gasteiger partial charge is 0.335 e. The van der Waals surface area contributed by atoms with E-state index >= 15 is 0 Å². The lowest BCUT2D eigenvalue weighted by Gasteiger charge is -2.27. The monoisotopic (exact) mass is 326 g/mol. The van der Waals surface area contributed by atoms with Crippen LogP contribution < -0.4 is 5.56 Å². The molecule has 24 heavy (non-hydrogen) atoms. The minimum absolute atomic E-state index is 0.169. The number of nitrogens with zero attached hydrogens (tertiary/aromatic N) is 2. The van der Waals surface area contributed by atoms with Gasteiger partial charge in [0.25, 0.3) is 17.4 Å². The number of benzene rings is 1. The molecule has 8 heteroatoms. The number of fused-ring (bicyclic) bond motifs is 2. The summed E-state index contributed by atoms with van der Waals surface area (Å²) in [5, 5.41) is 5.26. The van der Waals surface area contributed by atoms with Crippen molar-refractivity contribution in [3.8, 4) is 0 Å². The van der Waals surface area contributed by atoms with Gasteiger partial charge >= 0.3 is 0 Å². The third-order valence-corrected chi connectivity index (χ3v) is 4.47. The van der Waals surface area contributed by atoms with Gasteiger partial charge in [0.2, 0.25) is 5.91 Å². The van der Waals surface area contributed by atoms with E-state index in [1.165, 1.54) is 4.90 Å². The summed E-state index contributed by atoms with van der Waals surface area (Å²) in [7, 11) is 0. The highest BCUT2D eigenvalue weighted by molar-refractivity contribution is 6.22. The van der Waals surface area contributed by atoms with Crippen LogP contribution in [-0.2, 0) is 17.8 Å². The Hall–Kier alpha value is -3.16. The van der Waals surface area contributed by atoms with Crippen molar-refractivity contribution in [2.24, 2.45) is 0 Å². The Morgan fingerprint density at radius 1 is 1.04 bits per heavy atom. The SMILES string of the molecule is O=C(CN1C(=O)c2ccccc2C1=O)N1CCc2c([nH][nH]c2=O)C1. The standard InChI is InChI=1S/C16H14N4O4/c21-13(19-6-5-11-12(7-19)17-18-14(11)22)8-20-15(23)9-3-1-2-4-10(9)16(20)24/h1-4H,5-8H2,(H2,17,18,22). The molecule has 2 aliphatic rings. The summed E-state index contributed by atoms with van der Waals surface area (Å²) in [4.78, 5) is 51.2. The average molecular weight is 326 g/mol. The molecule has 2 aromatic rings. The molecule has 0 unspecified atom stereocenters. The van der Waals surface area contributed by atoms with E-state index in [1.54, 1.807) is 24.3 Å². The fraction of sp³-hybridized carbons (Fsp3) is 0.250. The summed E-state index contributed by atoms with van der Waals surface area (Å²) in [6.07, 6.45) is 0.446. The first-order valence-corrected chi connectivity index (χ1v) is 7.57. The van der Waals surface area contributed by atoms with Crippen molar-refractivity contribution in [3.63, 3.8) is 0 Å². The Balaban J connectivity index is 1.51. The maximum atomic E-state index is 12.5. The Morgan fingerprint density at radius 2 is 1.71 bits per heavy atom. The Bertz CT molecular complexity index is 891. The lowest BCUT2D eigenvalue weighted by atomic mass is 10.1. The normalized spacial score (nSPS) is 16.3. The van der Waals surface area contributed by atoms with Crippen LogP contribution in [0.15, 0.2) is 29.1 Å². The molecule has 0 fully saturated rings. The fourth-order valence-electron chi connectivity index (χ4n) is 3.17. The van der Waals surface area contributed by atoms with Crippen LogP contribution in [0.3, 0.4) is 0 Å². The first kappa shape index (κ1) is 14.4. The second-order valence-corrected chi connectivity index (χ2v) is 5.84. The molecule has 0 radical (unpaired) electrons. The van der Waals surface area contributed by atoms with Crippen molar-refractivity contribution < 1.29 is 14.4 Å². The van der Waals surface area contributed by atoms with Gasteiger partial charge in [0, 0.05) is 12.1 Å². The topological polar surface area (TPSA) is 106 Å². The van der Waals surface area contributed by atoms with Crippen LogP contribution in [0.4, 0.5) is 0 Å². The molecule has 2 aliphatic heterocycles. The molecule has 0 aliphatic carbocycles. The van der Waals surface area contributed by atoms with E-state index in [0.717, 1.165) is 4.90 Å². The first-order chi connectivity index (χ1) is 11.6. The van der Waals surface area contributed by atoms with Crippen LogP contribution in [0.25, 0.3) is 0 Å². The fourth-order valence-corrected chi connectivity index (χ4v) is 3.17. The molecule has 3 heterocycles. The van der Waals surface area contributed by atoms with E-state index in [9.17, 15) is 19.2 Å². The molecule has 3 amide bonds. The number of hydrogen-bond donors (Lipinski definition) is 2. The number of rotatable bonds is 2. The van der Waals surface area contributed by atoms with E-state index < -0.39 is 11.8 Å². The van der Waals surface area contributed by atoms with Gasteiger partial charge in [-0.15, -0.1) is 0 Å². The zero-order valence-corrected chi connectivity index (χ0v) is 12.7. The van der Waals surface area contributed by atoms with Gasteiger partial charge in [-0.3, -0.25) is 29.2 Å². The van der Waals surface area contributed by atoms with Crippen molar-refractivity contribution in [2.75, 3.05) is 13.1 Å². The number of aromatic amines is 2. The summed E-state index contributed by atoms with van der Waals surface area (Å²) in [6.45, 7) is 0.350. The van der Waals surface area contributed by atoms with E-state index in [-0.39, 0.29) is 24.6 Å². The Morgan fingerprint density at radius 3 is 2.38 bits per heavy atom. The van der Waals surface area contributed by atoms with Gasteiger partial charge in [-0.05, 0) is 18.6 Å². The molecular formula is C16H14N4O4. The van der Waals surface area contributed by atoms with Crippen molar-refractivity contribution in [1.29, 1.82) is 0 Å². The highest BCUT2D eigenvalue weighted by atomic mass is 16.2. The molecule has 0 saturated heterocycles. The highest BCUT2D eigenvalue weighted by Gasteiger charge is 2.37. The molecule has 0 saturated carbocycles. The number of H-pyrrole nitrogens is 2. The van der Waals surface area contributed by atoms with Gasteiger partial charge in [0.1, 0.15) is 6.54 Å². The zero-order valence-electron chi connectivity index (χ0n) is 12.7. The minimum Gasteiger partial charge on any atom is -0.335 e. The predicted molar refractivity (Wildman–Crippen MR) is 82.3 cm³/mol. The van der Waals surface area contributed by atoms with Crippen molar-refractivity contribution in [1.82, 2.24) is 20.0 Å². The Kier molecular flexibility index (Phi) is 3.12. The van der Waals surface area contributed by atoms with Crippen molar-refractivity contribution >= 4 is 17.7 Å². The van der Waals surface area contributed by atoms with Crippen molar-refractivity contribution in [3.05, 3.63) is 57.0 Å².